The van der Waals surface area contributed by atoms with E-state index < -0.39 is 52.2 Å². The number of aliphatic hydroxyl groups excluding tert-OH is 1. The van der Waals surface area contributed by atoms with Crippen LogP contribution in [0.3, 0.4) is 0 Å². The average Bonchev–Trinajstić information content (AvgIpc) is 3.58. The fourth-order valence-corrected chi connectivity index (χ4v) is 7.95. The van der Waals surface area contributed by atoms with Gasteiger partial charge in [0.1, 0.15) is 6.04 Å². The third kappa shape index (κ3) is 9.06. The maximum absolute atomic E-state index is 14.2. The monoisotopic (exact) mass is 689 g/mol. The Bertz CT molecular complexity index is 1640. The van der Waals surface area contributed by atoms with E-state index in [1.807, 2.05) is 70.3 Å². The number of sulfonamides is 1. The number of halogens is 1. The van der Waals surface area contributed by atoms with Gasteiger partial charge in [-0.1, -0.05) is 58.0 Å². The fraction of sp³-hybridized carbons (Fsp3) is 0.485. The molecule has 14 heteroatoms. The van der Waals surface area contributed by atoms with Crippen LogP contribution in [0.25, 0.3) is 0 Å². The first kappa shape index (κ1) is 36.2. The number of amides is 3. The van der Waals surface area contributed by atoms with Crippen LogP contribution in [0.15, 0.2) is 58.8 Å². The Morgan fingerprint density at radius 2 is 1.81 bits per heavy atom. The molecule has 0 bridgehead atoms. The Labute approximate surface area is 280 Å². The van der Waals surface area contributed by atoms with Crippen molar-refractivity contribution in [3.63, 3.8) is 0 Å². The molecule has 2 aromatic carbocycles. The van der Waals surface area contributed by atoms with E-state index in [0.29, 0.717) is 19.6 Å². The first-order valence-corrected chi connectivity index (χ1v) is 18.0. The van der Waals surface area contributed by atoms with E-state index in [4.69, 9.17) is 0 Å². The molecule has 47 heavy (non-hydrogen) atoms. The molecule has 1 saturated heterocycles. The molecule has 3 amide bonds. The number of rotatable bonds is 15. The Morgan fingerprint density at radius 3 is 2.40 bits per heavy atom. The topological polar surface area (TPSA) is 143 Å². The van der Waals surface area contributed by atoms with Crippen molar-refractivity contribution in [3.8, 4) is 5.75 Å². The lowest BCUT2D eigenvalue weighted by molar-refractivity contribution is -0.128. The number of benzene rings is 2. The van der Waals surface area contributed by atoms with Crippen molar-refractivity contribution in [2.45, 2.75) is 70.7 Å². The van der Waals surface area contributed by atoms with Crippen molar-refractivity contribution in [1.82, 2.24) is 24.4 Å². The SMILES string of the molecule is Cc1nc(CN2CCN([C@H](C(=O)N[C@@H](Cc3ccccc3)[C@H](O)CN(CC(C)C)S(=O)(=O)c3ccc(O)c(F)c3)C(C)C)C2=O)cs1. The molecule has 3 atom stereocenters. The van der Waals surface area contributed by atoms with Crippen molar-refractivity contribution in [2.75, 3.05) is 26.2 Å². The Balaban J connectivity index is 1.58. The van der Waals surface area contributed by atoms with Crippen LogP contribution < -0.4 is 5.32 Å². The largest absolute Gasteiger partial charge is 0.505 e. The molecule has 0 radical (unpaired) electrons. The minimum atomic E-state index is -4.30. The number of phenols is 1. The van der Waals surface area contributed by atoms with Gasteiger partial charge in [-0.25, -0.2) is 22.6 Å². The number of urea groups is 1. The summed E-state index contributed by atoms with van der Waals surface area (Å²) in [6.07, 6.45) is -1.19. The van der Waals surface area contributed by atoms with Crippen molar-refractivity contribution >= 4 is 33.3 Å². The van der Waals surface area contributed by atoms with Crippen LogP contribution in [0.1, 0.15) is 44.0 Å². The summed E-state index contributed by atoms with van der Waals surface area (Å²) >= 11 is 1.51. The highest BCUT2D eigenvalue weighted by atomic mass is 32.2. The number of nitrogens with zero attached hydrogens (tertiary/aromatic N) is 4. The van der Waals surface area contributed by atoms with Gasteiger partial charge < -0.3 is 25.3 Å². The van der Waals surface area contributed by atoms with Gasteiger partial charge in [0.15, 0.2) is 11.6 Å². The van der Waals surface area contributed by atoms with Crippen LogP contribution in [0.2, 0.25) is 0 Å². The molecule has 256 valence electrons. The summed E-state index contributed by atoms with van der Waals surface area (Å²) in [5.74, 6) is -2.64. The van der Waals surface area contributed by atoms with Crippen LogP contribution in [-0.4, -0.2) is 94.0 Å². The summed E-state index contributed by atoms with van der Waals surface area (Å²) in [5, 5.41) is 27.0. The quantitative estimate of drug-likeness (QED) is 0.219. The van der Waals surface area contributed by atoms with E-state index in [9.17, 15) is 32.6 Å². The summed E-state index contributed by atoms with van der Waals surface area (Å²) in [5.41, 5.74) is 1.59. The second kappa shape index (κ2) is 15.5. The average molecular weight is 690 g/mol. The molecular weight excluding hydrogens is 646 g/mol. The zero-order valence-corrected chi connectivity index (χ0v) is 29.0. The van der Waals surface area contributed by atoms with Crippen LogP contribution >= 0.6 is 11.3 Å². The highest BCUT2D eigenvalue weighted by Gasteiger charge is 2.40. The summed E-state index contributed by atoms with van der Waals surface area (Å²) in [4.78, 5) is 34.8. The maximum atomic E-state index is 14.2. The molecule has 2 heterocycles. The van der Waals surface area contributed by atoms with Gasteiger partial charge in [0, 0.05) is 31.6 Å². The van der Waals surface area contributed by atoms with Gasteiger partial charge in [0.2, 0.25) is 15.9 Å². The summed E-state index contributed by atoms with van der Waals surface area (Å²) in [7, 11) is -4.30. The fourth-order valence-electron chi connectivity index (χ4n) is 5.72. The number of carbonyl (C=O) groups is 2. The van der Waals surface area contributed by atoms with Crippen molar-refractivity contribution in [1.29, 1.82) is 0 Å². The van der Waals surface area contributed by atoms with Crippen molar-refractivity contribution < 1.29 is 32.6 Å². The van der Waals surface area contributed by atoms with Crippen LogP contribution in [0.5, 0.6) is 5.75 Å². The molecular formula is C33H44FN5O6S2. The summed E-state index contributed by atoms with van der Waals surface area (Å²) in [6, 6.07) is 9.95. The number of hydrogen-bond donors (Lipinski definition) is 3. The molecule has 11 nitrogen and oxygen atoms in total. The lowest BCUT2D eigenvalue weighted by Gasteiger charge is -2.34. The summed E-state index contributed by atoms with van der Waals surface area (Å²) < 4.78 is 42.6. The van der Waals surface area contributed by atoms with Gasteiger partial charge in [-0.3, -0.25) is 4.79 Å². The number of aliphatic hydroxyl groups is 1. The minimum Gasteiger partial charge on any atom is -0.505 e. The molecule has 1 aliphatic heterocycles. The third-order valence-corrected chi connectivity index (χ3v) is 10.6. The Morgan fingerprint density at radius 1 is 1.11 bits per heavy atom. The van der Waals surface area contributed by atoms with Gasteiger partial charge in [-0.2, -0.15) is 4.31 Å². The number of carbonyl (C=O) groups excluding carboxylic acids is 2. The molecule has 3 N–H and O–H groups in total. The predicted molar refractivity (Wildman–Crippen MR) is 178 cm³/mol. The van der Waals surface area contributed by atoms with Gasteiger partial charge in [0.25, 0.3) is 0 Å². The molecule has 0 unspecified atom stereocenters. The zero-order valence-electron chi connectivity index (χ0n) is 27.3. The second-order valence-corrected chi connectivity index (χ2v) is 15.6. The van der Waals surface area contributed by atoms with Crippen LogP contribution in [-0.2, 0) is 27.8 Å². The molecule has 0 aliphatic carbocycles. The van der Waals surface area contributed by atoms with Gasteiger partial charge in [-0.05, 0) is 48.9 Å². The maximum Gasteiger partial charge on any atom is 0.321 e. The predicted octanol–water partition coefficient (Wildman–Crippen LogP) is 3.99. The highest BCUT2D eigenvalue weighted by molar-refractivity contribution is 7.89. The molecule has 1 fully saturated rings. The molecule has 4 rings (SSSR count). The molecule has 1 aliphatic rings. The number of aryl methyl sites for hydroxylation is 1. The molecule has 1 aromatic heterocycles. The number of nitrogens with one attached hydrogen (secondary N) is 1. The van der Waals surface area contributed by atoms with Gasteiger partial charge >= 0.3 is 6.03 Å². The molecule has 0 saturated carbocycles. The Hall–Kier alpha value is -3.59. The van der Waals surface area contributed by atoms with E-state index >= 15 is 0 Å². The van der Waals surface area contributed by atoms with Crippen molar-refractivity contribution in [2.24, 2.45) is 11.8 Å². The Kier molecular flexibility index (Phi) is 12.0. The first-order chi connectivity index (χ1) is 22.2. The van der Waals surface area contributed by atoms with E-state index in [-0.39, 0.29) is 35.7 Å². The normalized spacial score (nSPS) is 15.9. The third-order valence-electron chi connectivity index (χ3n) is 7.99. The number of hydrogen-bond acceptors (Lipinski definition) is 8. The van der Waals surface area contributed by atoms with Crippen LogP contribution in [0.4, 0.5) is 9.18 Å². The first-order valence-electron chi connectivity index (χ1n) is 15.6. The van der Waals surface area contributed by atoms with E-state index in [0.717, 1.165) is 38.8 Å². The van der Waals surface area contributed by atoms with Gasteiger partial charge in [0.05, 0.1) is 34.3 Å². The van der Waals surface area contributed by atoms with E-state index in [1.54, 1.807) is 9.80 Å². The van der Waals surface area contributed by atoms with E-state index in [2.05, 4.69) is 10.3 Å². The number of aromatic hydroxyl groups is 1. The lowest BCUT2D eigenvalue weighted by Crippen LogP contribution is -2.57. The van der Waals surface area contributed by atoms with Gasteiger partial charge in [-0.15, -0.1) is 11.3 Å². The lowest BCUT2D eigenvalue weighted by atomic mass is 9.97. The van der Waals surface area contributed by atoms with E-state index in [1.165, 1.54) is 11.3 Å². The molecule has 3 aromatic rings. The van der Waals surface area contributed by atoms with Crippen LogP contribution in [0, 0.1) is 24.6 Å². The summed E-state index contributed by atoms with van der Waals surface area (Å²) in [6.45, 7) is 9.96. The zero-order chi connectivity index (χ0) is 34.5. The number of phenolic OH excluding ortho intramolecular Hbond substituents is 1. The molecule has 0 spiro atoms. The minimum absolute atomic E-state index is 0.0130. The standard InChI is InChI=1S/C33H44FN5O6S2/c1-21(2)17-38(47(44,45)26-11-12-29(40)27(34)16-26)19-30(41)28(15-24-9-7-6-8-10-24)36-32(42)31(22(3)4)39-14-13-37(33(39)43)18-25-20-46-23(5)35-25/h6-12,16,20-22,28,30-31,40-41H,13-15,17-19H2,1-5H3,(H,36,42)/t28-,30+,31-/m0/s1. The van der Waals surface area contributed by atoms with Crippen molar-refractivity contribution in [3.05, 3.63) is 76.0 Å². The highest BCUT2D eigenvalue weighted by Crippen LogP contribution is 2.25. The number of aromatic nitrogens is 1. The smallest absolute Gasteiger partial charge is 0.321 e. The second-order valence-electron chi connectivity index (χ2n) is 12.6. The number of thiazole rings is 1.